The smallest absolute Gasteiger partial charge is 0.303 e. The van der Waals surface area contributed by atoms with E-state index in [1.807, 2.05) is 18.2 Å². The first kappa shape index (κ1) is 23.5. The van der Waals surface area contributed by atoms with Crippen molar-refractivity contribution in [1.82, 2.24) is 4.72 Å². The molecule has 1 atom stereocenters. The minimum absolute atomic E-state index is 0.123. The molecule has 166 valence electrons. The fraction of sp³-hybridized carbons (Fsp3) is 0.375. The van der Waals surface area contributed by atoms with Crippen molar-refractivity contribution in [2.75, 3.05) is 6.54 Å². The van der Waals surface area contributed by atoms with Crippen LogP contribution in [0.15, 0.2) is 65.6 Å². The van der Waals surface area contributed by atoms with E-state index in [9.17, 15) is 13.2 Å². The summed E-state index contributed by atoms with van der Waals surface area (Å²) < 4.78 is 28.0. The summed E-state index contributed by atoms with van der Waals surface area (Å²) in [6.07, 6.45) is 9.13. The summed E-state index contributed by atoms with van der Waals surface area (Å²) in [6.45, 7) is 0.339. The van der Waals surface area contributed by atoms with E-state index in [1.54, 1.807) is 12.1 Å². The molecule has 0 saturated heterocycles. The van der Waals surface area contributed by atoms with Crippen molar-refractivity contribution in [1.29, 1.82) is 0 Å². The number of sulfonamides is 1. The number of rotatable bonds is 11. The summed E-state index contributed by atoms with van der Waals surface area (Å²) >= 11 is 5.86. The number of carboxylic acid groups (broad SMARTS) is 1. The van der Waals surface area contributed by atoms with Crippen molar-refractivity contribution in [3.05, 3.63) is 76.8 Å². The van der Waals surface area contributed by atoms with Gasteiger partial charge in [0.1, 0.15) is 0 Å². The van der Waals surface area contributed by atoms with Crippen molar-refractivity contribution >= 4 is 27.6 Å². The normalized spacial score (nSPS) is 18.4. The number of hydrogen-bond donors (Lipinski definition) is 2. The van der Waals surface area contributed by atoms with Crippen LogP contribution in [0.5, 0.6) is 0 Å². The second-order valence-electron chi connectivity index (χ2n) is 8.00. The zero-order valence-corrected chi connectivity index (χ0v) is 19.0. The largest absolute Gasteiger partial charge is 0.481 e. The summed E-state index contributed by atoms with van der Waals surface area (Å²) in [6, 6.07) is 14.5. The Hall–Kier alpha value is -2.15. The highest BCUT2D eigenvalue weighted by atomic mass is 35.5. The van der Waals surface area contributed by atoms with Gasteiger partial charge in [-0.3, -0.25) is 4.79 Å². The Morgan fingerprint density at radius 2 is 1.87 bits per heavy atom. The number of halogens is 1. The number of carboxylic acids is 1. The molecule has 2 N–H and O–H groups in total. The summed E-state index contributed by atoms with van der Waals surface area (Å²) in [4.78, 5) is 10.9. The maximum atomic E-state index is 12.6. The first-order chi connectivity index (χ1) is 14.8. The second-order valence-corrected chi connectivity index (χ2v) is 10.2. The van der Waals surface area contributed by atoms with Crippen molar-refractivity contribution in [3.8, 4) is 0 Å². The van der Waals surface area contributed by atoms with Gasteiger partial charge in [-0.2, -0.15) is 0 Å². The average Bonchev–Trinajstić information content (AvgIpc) is 3.10. The van der Waals surface area contributed by atoms with Crippen LogP contribution in [0, 0.1) is 0 Å². The number of nitrogens with one attached hydrogen (secondary N) is 1. The maximum absolute atomic E-state index is 12.6. The molecule has 2 aromatic carbocycles. The van der Waals surface area contributed by atoms with E-state index in [0.29, 0.717) is 24.4 Å². The molecule has 1 unspecified atom stereocenters. The molecule has 1 aliphatic rings. The fourth-order valence-electron chi connectivity index (χ4n) is 4.26. The second kappa shape index (κ2) is 10.4. The molecule has 2 aromatic rings. The lowest BCUT2D eigenvalue weighted by Crippen LogP contribution is -2.32. The number of allylic oxidation sites excluding steroid dienone is 2. The molecule has 0 radical (unpaired) electrons. The maximum Gasteiger partial charge on any atom is 0.303 e. The van der Waals surface area contributed by atoms with E-state index in [2.05, 4.69) is 22.9 Å². The van der Waals surface area contributed by atoms with Gasteiger partial charge in [0.2, 0.25) is 10.0 Å². The van der Waals surface area contributed by atoms with Crippen LogP contribution in [0.2, 0.25) is 5.02 Å². The van der Waals surface area contributed by atoms with Crippen molar-refractivity contribution < 1.29 is 18.3 Å². The van der Waals surface area contributed by atoms with E-state index in [4.69, 9.17) is 16.7 Å². The Kier molecular flexibility index (Phi) is 7.92. The van der Waals surface area contributed by atoms with Crippen LogP contribution in [0.3, 0.4) is 0 Å². The predicted molar refractivity (Wildman–Crippen MR) is 123 cm³/mol. The quantitative estimate of drug-likeness (QED) is 0.360. The Bertz CT molecular complexity index is 1030. The molecule has 3 rings (SSSR count). The Morgan fingerprint density at radius 3 is 2.61 bits per heavy atom. The Balaban J connectivity index is 1.67. The third-order valence-electron chi connectivity index (χ3n) is 5.92. The summed E-state index contributed by atoms with van der Waals surface area (Å²) in [5, 5.41) is 9.26. The number of hydrogen-bond acceptors (Lipinski definition) is 3. The van der Waals surface area contributed by atoms with E-state index < -0.39 is 16.0 Å². The molecule has 0 fully saturated rings. The molecular weight excluding hydrogens is 434 g/mol. The zero-order chi connectivity index (χ0) is 22.3. The van der Waals surface area contributed by atoms with Crippen molar-refractivity contribution in [2.24, 2.45) is 0 Å². The highest BCUT2D eigenvalue weighted by molar-refractivity contribution is 7.89. The molecular formula is C24H28ClNO4S. The number of fused-ring (bicyclic) bond motifs is 1. The third-order valence-corrected chi connectivity index (χ3v) is 7.65. The van der Waals surface area contributed by atoms with Crippen LogP contribution in [-0.2, 0) is 26.7 Å². The van der Waals surface area contributed by atoms with Crippen LogP contribution in [0.1, 0.15) is 49.7 Å². The lowest BCUT2D eigenvalue weighted by molar-refractivity contribution is -0.137. The highest BCUT2D eigenvalue weighted by Gasteiger charge is 2.37. The Labute approximate surface area is 189 Å². The number of aryl methyl sites for hydroxylation is 1. The topological polar surface area (TPSA) is 83.5 Å². The van der Waals surface area contributed by atoms with E-state index in [1.165, 1.54) is 23.3 Å². The van der Waals surface area contributed by atoms with Crippen molar-refractivity contribution in [3.63, 3.8) is 0 Å². The van der Waals surface area contributed by atoms with Gasteiger partial charge in [-0.25, -0.2) is 13.1 Å². The molecule has 31 heavy (non-hydrogen) atoms. The number of unbranched alkanes of at least 4 members (excludes halogenated alkanes) is 1. The molecule has 0 spiro atoms. The molecule has 0 saturated carbocycles. The average molecular weight is 462 g/mol. The summed E-state index contributed by atoms with van der Waals surface area (Å²) in [7, 11) is -3.60. The van der Waals surface area contributed by atoms with Crippen LogP contribution < -0.4 is 4.72 Å². The minimum atomic E-state index is -3.60. The van der Waals surface area contributed by atoms with Crippen LogP contribution in [0.4, 0.5) is 0 Å². The molecule has 0 aromatic heterocycles. The lowest BCUT2D eigenvalue weighted by Gasteiger charge is -2.30. The first-order valence-corrected chi connectivity index (χ1v) is 12.4. The lowest BCUT2D eigenvalue weighted by atomic mass is 9.76. The van der Waals surface area contributed by atoms with E-state index in [-0.39, 0.29) is 16.7 Å². The SMILES string of the molecule is O=C(O)CCC/C=C\CC1(CCNS(=O)(=O)c2ccc(Cl)cc2)CCc2ccccc21. The van der Waals surface area contributed by atoms with Crippen LogP contribution >= 0.6 is 11.6 Å². The van der Waals surface area contributed by atoms with E-state index >= 15 is 0 Å². The zero-order valence-electron chi connectivity index (χ0n) is 17.4. The van der Waals surface area contributed by atoms with Gasteiger partial charge in [0.25, 0.3) is 0 Å². The number of carbonyl (C=O) groups is 1. The van der Waals surface area contributed by atoms with Gasteiger partial charge in [0.15, 0.2) is 0 Å². The van der Waals surface area contributed by atoms with Gasteiger partial charge in [0, 0.05) is 23.4 Å². The third kappa shape index (κ3) is 6.19. The van der Waals surface area contributed by atoms with Gasteiger partial charge in [0.05, 0.1) is 4.90 Å². The highest BCUT2D eigenvalue weighted by Crippen LogP contribution is 2.44. The van der Waals surface area contributed by atoms with E-state index in [0.717, 1.165) is 25.7 Å². The van der Waals surface area contributed by atoms with Crippen LogP contribution in [0.25, 0.3) is 0 Å². The number of benzene rings is 2. The Morgan fingerprint density at radius 1 is 1.13 bits per heavy atom. The summed E-state index contributed by atoms with van der Waals surface area (Å²) in [5.41, 5.74) is 2.49. The van der Waals surface area contributed by atoms with Gasteiger partial charge in [-0.05, 0) is 73.9 Å². The molecule has 0 heterocycles. The molecule has 5 nitrogen and oxygen atoms in total. The van der Waals surface area contributed by atoms with Gasteiger partial charge < -0.3 is 5.11 Å². The molecule has 7 heteroatoms. The fourth-order valence-corrected chi connectivity index (χ4v) is 5.42. The number of aliphatic carboxylic acids is 1. The van der Waals surface area contributed by atoms with Crippen molar-refractivity contribution in [2.45, 2.75) is 55.3 Å². The van der Waals surface area contributed by atoms with Gasteiger partial charge in [-0.1, -0.05) is 48.0 Å². The van der Waals surface area contributed by atoms with Gasteiger partial charge in [-0.15, -0.1) is 0 Å². The molecule has 0 aliphatic heterocycles. The van der Waals surface area contributed by atoms with Crippen LogP contribution in [-0.4, -0.2) is 26.0 Å². The molecule has 0 amide bonds. The first-order valence-electron chi connectivity index (χ1n) is 10.5. The monoisotopic (exact) mass is 461 g/mol. The molecule has 0 bridgehead atoms. The molecule has 1 aliphatic carbocycles. The standard InChI is InChI=1S/C24H28ClNO4S/c25-20-10-12-21(13-11-20)31(29,30)26-18-17-24(15-6-2-1-3-9-23(27)28)16-14-19-7-4-5-8-22(19)24/h2,4-8,10-13,26H,1,3,9,14-18H2,(H,27,28)/b6-2-. The predicted octanol–water partition coefficient (Wildman–Crippen LogP) is 5.09. The van der Waals surface area contributed by atoms with Gasteiger partial charge >= 0.3 is 5.97 Å². The minimum Gasteiger partial charge on any atom is -0.481 e. The summed E-state index contributed by atoms with van der Waals surface area (Å²) in [5.74, 6) is -0.775.